The standard InChI is InChI=1S/C21H24N2O2/c1-13-8-9-19(15(3)10-13)23-12-17(11-20(23)24)21(25)22-18-7-5-6-14(2)16(18)4/h5-10,17H,11-12H2,1-4H3,(H,22,25)/t17-/m0/s1. The summed E-state index contributed by atoms with van der Waals surface area (Å²) in [6.07, 6.45) is 0.254. The molecule has 130 valence electrons. The SMILES string of the molecule is Cc1ccc(N2C[C@@H](C(=O)Nc3cccc(C)c3C)CC2=O)c(C)c1. The molecule has 1 aliphatic heterocycles. The van der Waals surface area contributed by atoms with Gasteiger partial charge in [-0.15, -0.1) is 0 Å². The number of nitrogens with zero attached hydrogens (tertiary/aromatic N) is 1. The van der Waals surface area contributed by atoms with E-state index in [-0.39, 0.29) is 24.2 Å². The van der Waals surface area contributed by atoms with Crippen molar-refractivity contribution in [1.82, 2.24) is 0 Å². The van der Waals surface area contributed by atoms with Crippen LogP contribution in [-0.2, 0) is 9.59 Å². The molecule has 0 saturated carbocycles. The fraction of sp³-hybridized carbons (Fsp3) is 0.333. The number of hydrogen-bond acceptors (Lipinski definition) is 2. The average molecular weight is 336 g/mol. The van der Waals surface area contributed by atoms with E-state index in [2.05, 4.69) is 11.4 Å². The Balaban J connectivity index is 1.75. The predicted molar refractivity (Wildman–Crippen MR) is 101 cm³/mol. The second kappa shape index (κ2) is 6.71. The maximum Gasteiger partial charge on any atom is 0.229 e. The van der Waals surface area contributed by atoms with E-state index in [1.165, 1.54) is 0 Å². The van der Waals surface area contributed by atoms with Gasteiger partial charge in [-0.05, 0) is 56.5 Å². The summed E-state index contributed by atoms with van der Waals surface area (Å²) >= 11 is 0. The van der Waals surface area contributed by atoms with Crippen molar-refractivity contribution in [3.05, 3.63) is 58.7 Å². The first-order valence-electron chi connectivity index (χ1n) is 8.61. The highest BCUT2D eigenvalue weighted by Crippen LogP contribution is 2.29. The smallest absolute Gasteiger partial charge is 0.229 e. The summed E-state index contributed by atoms with van der Waals surface area (Å²) in [5.74, 6) is -0.407. The first-order valence-corrected chi connectivity index (χ1v) is 8.61. The lowest BCUT2D eigenvalue weighted by Crippen LogP contribution is -2.28. The quantitative estimate of drug-likeness (QED) is 0.924. The highest BCUT2D eigenvalue weighted by atomic mass is 16.2. The molecular weight excluding hydrogens is 312 g/mol. The number of carbonyl (C=O) groups is 2. The molecule has 0 unspecified atom stereocenters. The van der Waals surface area contributed by atoms with Gasteiger partial charge in [-0.3, -0.25) is 9.59 Å². The van der Waals surface area contributed by atoms with Crippen molar-refractivity contribution in [3.8, 4) is 0 Å². The zero-order chi connectivity index (χ0) is 18.1. The van der Waals surface area contributed by atoms with Crippen molar-refractivity contribution >= 4 is 23.2 Å². The fourth-order valence-electron chi connectivity index (χ4n) is 3.35. The molecule has 2 aromatic rings. The number of hydrogen-bond donors (Lipinski definition) is 1. The molecule has 1 saturated heterocycles. The third-order valence-corrected chi connectivity index (χ3v) is 5.00. The Kier molecular flexibility index (Phi) is 4.62. The molecule has 3 rings (SSSR count). The summed E-state index contributed by atoms with van der Waals surface area (Å²) < 4.78 is 0. The van der Waals surface area contributed by atoms with Crippen LogP contribution in [0.4, 0.5) is 11.4 Å². The molecule has 1 atom stereocenters. The van der Waals surface area contributed by atoms with Crippen LogP contribution in [0.3, 0.4) is 0 Å². The van der Waals surface area contributed by atoms with Crippen LogP contribution in [0.15, 0.2) is 36.4 Å². The largest absolute Gasteiger partial charge is 0.326 e. The van der Waals surface area contributed by atoms with Gasteiger partial charge in [0.2, 0.25) is 11.8 Å². The van der Waals surface area contributed by atoms with Crippen molar-refractivity contribution in [2.45, 2.75) is 34.1 Å². The Bertz CT molecular complexity index is 842. The van der Waals surface area contributed by atoms with Crippen LogP contribution in [0.1, 0.15) is 28.7 Å². The summed E-state index contributed by atoms with van der Waals surface area (Å²) in [5.41, 5.74) is 6.14. The first kappa shape index (κ1) is 17.2. The minimum Gasteiger partial charge on any atom is -0.326 e. The number of benzene rings is 2. The van der Waals surface area contributed by atoms with Crippen LogP contribution in [0.5, 0.6) is 0 Å². The van der Waals surface area contributed by atoms with E-state index in [1.807, 2.05) is 58.0 Å². The Morgan fingerprint density at radius 1 is 1.08 bits per heavy atom. The maximum atomic E-state index is 12.6. The predicted octanol–water partition coefficient (Wildman–Crippen LogP) is 3.91. The zero-order valence-corrected chi connectivity index (χ0v) is 15.2. The van der Waals surface area contributed by atoms with Gasteiger partial charge in [0.25, 0.3) is 0 Å². The molecule has 1 N–H and O–H groups in total. The Labute approximate surface area is 148 Å². The number of amides is 2. The van der Waals surface area contributed by atoms with Gasteiger partial charge in [-0.2, -0.15) is 0 Å². The lowest BCUT2D eigenvalue weighted by atomic mass is 10.1. The third kappa shape index (κ3) is 3.43. The van der Waals surface area contributed by atoms with Gasteiger partial charge >= 0.3 is 0 Å². The molecule has 0 bridgehead atoms. The van der Waals surface area contributed by atoms with Crippen LogP contribution in [0, 0.1) is 33.6 Å². The summed E-state index contributed by atoms with van der Waals surface area (Å²) in [4.78, 5) is 26.8. The monoisotopic (exact) mass is 336 g/mol. The minimum atomic E-state index is -0.326. The molecule has 2 aromatic carbocycles. The normalized spacial score (nSPS) is 17.0. The lowest BCUT2D eigenvalue weighted by Gasteiger charge is -2.19. The second-order valence-corrected chi connectivity index (χ2v) is 6.93. The lowest BCUT2D eigenvalue weighted by molar-refractivity contribution is -0.122. The highest BCUT2D eigenvalue weighted by Gasteiger charge is 2.35. The van der Waals surface area contributed by atoms with Crippen LogP contribution >= 0.6 is 0 Å². The van der Waals surface area contributed by atoms with Crippen molar-refractivity contribution in [1.29, 1.82) is 0 Å². The molecule has 0 spiro atoms. The topological polar surface area (TPSA) is 49.4 Å². The van der Waals surface area contributed by atoms with Gasteiger partial charge in [-0.25, -0.2) is 0 Å². The van der Waals surface area contributed by atoms with Crippen LogP contribution < -0.4 is 10.2 Å². The molecule has 2 amide bonds. The van der Waals surface area contributed by atoms with E-state index in [9.17, 15) is 9.59 Å². The Morgan fingerprint density at radius 3 is 2.56 bits per heavy atom. The molecule has 25 heavy (non-hydrogen) atoms. The molecule has 4 nitrogen and oxygen atoms in total. The number of carbonyl (C=O) groups excluding carboxylic acids is 2. The number of rotatable bonds is 3. The summed E-state index contributed by atoms with van der Waals surface area (Å²) in [5, 5.41) is 2.99. The van der Waals surface area contributed by atoms with Gasteiger partial charge in [0.15, 0.2) is 0 Å². The molecule has 4 heteroatoms. The van der Waals surface area contributed by atoms with Crippen molar-refractivity contribution < 1.29 is 9.59 Å². The van der Waals surface area contributed by atoms with Gasteiger partial charge in [0.1, 0.15) is 0 Å². The van der Waals surface area contributed by atoms with E-state index in [0.717, 1.165) is 33.6 Å². The summed E-state index contributed by atoms with van der Waals surface area (Å²) in [6, 6.07) is 11.9. The van der Waals surface area contributed by atoms with E-state index in [4.69, 9.17) is 0 Å². The number of anilines is 2. The minimum absolute atomic E-state index is 0.00747. The first-order chi connectivity index (χ1) is 11.9. The Hall–Kier alpha value is -2.62. The fourth-order valence-corrected chi connectivity index (χ4v) is 3.35. The Morgan fingerprint density at radius 2 is 1.84 bits per heavy atom. The highest BCUT2D eigenvalue weighted by molar-refractivity contribution is 6.04. The maximum absolute atomic E-state index is 12.6. The number of aryl methyl sites for hydroxylation is 3. The van der Waals surface area contributed by atoms with Crippen molar-refractivity contribution in [3.63, 3.8) is 0 Å². The van der Waals surface area contributed by atoms with Crippen molar-refractivity contribution in [2.75, 3.05) is 16.8 Å². The van der Waals surface area contributed by atoms with Gasteiger partial charge in [0, 0.05) is 24.3 Å². The van der Waals surface area contributed by atoms with Crippen molar-refractivity contribution in [2.24, 2.45) is 5.92 Å². The molecule has 1 aliphatic rings. The van der Waals surface area contributed by atoms with Crippen LogP contribution in [-0.4, -0.2) is 18.4 Å². The average Bonchev–Trinajstić information content (AvgIpc) is 2.94. The molecule has 0 radical (unpaired) electrons. The molecular formula is C21H24N2O2. The van der Waals surface area contributed by atoms with Gasteiger partial charge in [0.05, 0.1) is 5.92 Å². The molecule has 1 heterocycles. The van der Waals surface area contributed by atoms with Gasteiger partial charge in [-0.1, -0.05) is 29.8 Å². The van der Waals surface area contributed by atoms with Crippen LogP contribution in [0.2, 0.25) is 0 Å². The molecule has 0 aromatic heterocycles. The summed E-state index contributed by atoms with van der Waals surface area (Å²) in [7, 11) is 0. The molecule has 0 aliphatic carbocycles. The number of nitrogens with one attached hydrogen (secondary N) is 1. The van der Waals surface area contributed by atoms with Crippen LogP contribution in [0.25, 0.3) is 0 Å². The third-order valence-electron chi connectivity index (χ3n) is 5.00. The second-order valence-electron chi connectivity index (χ2n) is 6.93. The van der Waals surface area contributed by atoms with E-state index in [1.54, 1.807) is 4.90 Å². The van der Waals surface area contributed by atoms with E-state index in [0.29, 0.717) is 6.54 Å². The van der Waals surface area contributed by atoms with Gasteiger partial charge < -0.3 is 10.2 Å². The van der Waals surface area contributed by atoms with E-state index < -0.39 is 0 Å². The molecule has 1 fully saturated rings. The zero-order valence-electron chi connectivity index (χ0n) is 15.2. The van der Waals surface area contributed by atoms with E-state index >= 15 is 0 Å². The summed E-state index contributed by atoms with van der Waals surface area (Å²) in [6.45, 7) is 8.47.